The first kappa shape index (κ1) is 29.1. The maximum absolute atomic E-state index is 13.8. The Hall–Kier alpha value is -2.34. The molecule has 1 aromatic carbocycles. The highest BCUT2D eigenvalue weighted by Crippen LogP contribution is 2.60. The van der Waals surface area contributed by atoms with Gasteiger partial charge in [0.15, 0.2) is 6.04 Å². The number of amides is 1. The van der Waals surface area contributed by atoms with Gasteiger partial charge >= 0.3 is 5.97 Å². The van der Waals surface area contributed by atoms with Crippen LogP contribution in [0.25, 0.3) is 6.08 Å². The predicted molar refractivity (Wildman–Crippen MR) is 157 cm³/mol. The number of epoxide rings is 1. The molecule has 8 rings (SSSR count). The van der Waals surface area contributed by atoms with Gasteiger partial charge in [0.1, 0.15) is 36.6 Å². The minimum absolute atomic E-state index is 0.0353. The SMILES string of the molecule is CC1(C)C[C@@H]2C(=Cc3ccccc3CN3O[C@@H]4[C@H]5OCO[C@H]5[C@H]5C[C@]4(C(=O)NCCO)[C@@H]3C(=O)O5)CCC3O[C@]3(C)CC[C@H]21. The summed E-state index contributed by atoms with van der Waals surface area (Å²) >= 11 is 0. The summed E-state index contributed by atoms with van der Waals surface area (Å²) in [4.78, 5) is 34.0. The zero-order chi connectivity index (χ0) is 30.4. The van der Waals surface area contributed by atoms with Crippen LogP contribution in [0.2, 0.25) is 0 Å². The molecule has 0 radical (unpaired) electrons. The highest BCUT2D eigenvalue weighted by atomic mass is 16.8. The number of hydrogen-bond donors (Lipinski definition) is 2. The smallest absolute Gasteiger partial charge is 0.327 e. The first-order chi connectivity index (χ1) is 21.1. The molecule has 10 heteroatoms. The average Bonchev–Trinajstić information content (AvgIpc) is 3.30. The highest BCUT2D eigenvalue weighted by molar-refractivity contribution is 5.93. The standard InChI is InChI=1S/C34H44N2O8/c1-32(2)15-22-20(8-9-25-33(3,43-25)11-10-23(22)32)14-19-6-4-5-7-21(19)17-36-28-30(38)42-24-16-34(28,31(39)35-12-13-37)29(44-36)27-26(24)40-18-41-27/h4-7,14,22-29,37H,8-13,15-18H2,1-3H3,(H,35,39)/t22-,23-,24-,25?,26+,27+,28+,29-,33-,34+/m1/s1. The minimum Gasteiger partial charge on any atom is -0.458 e. The van der Waals surface area contributed by atoms with E-state index in [1.165, 1.54) is 18.4 Å². The maximum atomic E-state index is 13.8. The molecule has 0 aromatic heterocycles. The van der Waals surface area contributed by atoms with Gasteiger partial charge in [-0.15, -0.1) is 0 Å². The summed E-state index contributed by atoms with van der Waals surface area (Å²) in [5, 5.41) is 13.9. The Kier molecular flexibility index (Phi) is 6.83. The number of carbonyl (C=O) groups excluding carboxylic acids is 2. The fraction of sp³-hybridized carbons (Fsp3) is 0.706. The summed E-state index contributed by atoms with van der Waals surface area (Å²) in [6.45, 7) is 7.33. The van der Waals surface area contributed by atoms with E-state index in [2.05, 4.69) is 50.4 Å². The Balaban J connectivity index is 1.12. The number of esters is 1. The lowest BCUT2D eigenvalue weighted by Gasteiger charge is -2.53. The van der Waals surface area contributed by atoms with E-state index in [0.717, 1.165) is 30.4 Å². The molecule has 1 amide bonds. The molecule has 10 nitrogen and oxygen atoms in total. The van der Waals surface area contributed by atoms with Crippen molar-refractivity contribution in [2.24, 2.45) is 22.7 Å². The molecule has 4 heterocycles. The Morgan fingerprint density at radius 2 is 1.95 bits per heavy atom. The van der Waals surface area contributed by atoms with Gasteiger partial charge in [0.05, 0.1) is 24.9 Å². The molecule has 1 unspecified atom stereocenters. The second-order valence-corrected chi connectivity index (χ2v) is 14.9. The van der Waals surface area contributed by atoms with Gasteiger partial charge in [-0.1, -0.05) is 49.8 Å². The molecule has 2 N–H and O–H groups in total. The Morgan fingerprint density at radius 3 is 2.77 bits per heavy atom. The molecule has 7 fully saturated rings. The average molecular weight is 609 g/mol. The molecule has 4 aliphatic heterocycles. The summed E-state index contributed by atoms with van der Waals surface area (Å²) in [5.74, 6) is 0.379. The molecule has 10 atom stereocenters. The zero-order valence-corrected chi connectivity index (χ0v) is 25.8. The van der Waals surface area contributed by atoms with Crippen LogP contribution in [0.1, 0.15) is 70.4 Å². The molecule has 1 aromatic rings. The molecule has 2 bridgehead atoms. The predicted octanol–water partition coefficient (Wildman–Crippen LogP) is 3.11. The third-order valence-electron chi connectivity index (χ3n) is 12.0. The molecule has 3 aliphatic carbocycles. The molecule has 44 heavy (non-hydrogen) atoms. The van der Waals surface area contributed by atoms with Crippen molar-refractivity contribution in [3.63, 3.8) is 0 Å². The van der Waals surface area contributed by atoms with E-state index in [1.807, 2.05) is 6.07 Å². The van der Waals surface area contributed by atoms with E-state index >= 15 is 0 Å². The van der Waals surface area contributed by atoms with Gasteiger partial charge in [0, 0.05) is 13.0 Å². The number of aliphatic hydroxyl groups is 1. The van der Waals surface area contributed by atoms with Crippen molar-refractivity contribution < 1.29 is 38.5 Å². The summed E-state index contributed by atoms with van der Waals surface area (Å²) in [6, 6.07) is 7.32. The minimum atomic E-state index is -1.21. The van der Waals surface area contributed by atoms with Crippen molar-refractivity contribution in [2.75, 3.05) is 19.9 Å². The fourth-order valence-electron chi connectivity index (χ4n) is 9.56. The van der Waals surface area contributed by atoms with Crippen LogP contribution < -0.4 is 5.32 Å². The Labute approximate surface area is 258 Å². The number of nitrogens with one attached hydrogen (secondary N) is 1. The number of hydroxylamine groups is 2. The van der Waals surface area contributed by atoms with Gasteiger partial charge in [-0.2, -0.15) is 5.06 Å². The van der Waals surface area contributed by atoms with E-state index in [1.54, 1.807) is 5.06 Å². The number of carbonyl (C=O) groups is 2. The second kappa shape index (κ2) is 10.3. The lowest BCUT2D eigenvalue weighted by molar-refractivity contribution is -0.201. The van der Waals surface area contributed by atoms with Gasteiger partial charge < -0.3 is 29.4 Å². The van der Waals surface area contributed by atoms with Crippen LogP contribution in [0.15, 0.2) is 29.8 Å². The van der Waals surface area contributed by atoms with E-state index < -0.39 is 41.8 Å². The van der Waals surface area contributed by atoms with Crippen LogP contribution in [0.3, 0.4) is 0 Å². The lowest BCUT2D eigenvalue weighted by atomic mass is 9.52. The van der Waals surface area contributed by atoms with Crippen LogP contribution in [0.4, 0.5) is 0 Å². The van der Waals surface area contributed by atoms with Crippen molar-refractivity contribution in [1.29, 1.82) is 0 Å². The van der Waals surface area contributed by atoms with Crippen LogP contribution in [-0.4, -0.2) is 84.2 Å². The quantitative estimate of drug-likeness (QED) is 0.371. The van der Waals surface area contributed by atoms with Crippen molar-refractivity contribution in [2.45, 2.75) is 108 Å². The molecule has 7 aliphatic rings. The second-order valence-electron chi connectivity index (χ2n) is 14.9. The Morgan fingerprint density at radius 1 is 1.14 bits per heavy atom. The fourth-order valence-corrected chi connectivity index (χ4v) is 9.56. The van der Waals surface area contributed by atoms with E-state index in [-0.39, 0.29) is 37.9 Å². The largest absolute Gasteiger partial charge is 0.458 e. The van der Waals surface area contributed by atoms with Crippen molar-refractivity contribution in [3.05, 3.63) is 41.0 Å². The van der Waals surface area contributed by atoms with Crippen LogP contribution in [-0.2, 0) is 39.9 Å². The number of allylic oxidation sites excluding steroid dienone is 1. The molecule has 238 valence electrons. The summed E-state index contributed by atoms with van der Waals surface area (Å²) in [5.41, 5.74) is 2.74. The van der Waals surface area contributed by atoms with E-state index in [0.29, 0.717) is 29.9 Å². The van der Waals surface area contributed by atoms with Crippen LogP contribution in [0, 0.1) is 22.7 Å². The first-order valence-electron chi connectivity index (χ1n) is 16.4. The topological polar surface area (TPSA) is 119 Å². The molecule has 0 spiro atoms. The number of aliphatic hydroxyl groups excluding tert-OH is 1. The van der Waals surface area contributed by atoms with E-state index in [9.17, 15) is 14.7 Å². The molecular formula is C34H44N2O8. The van der Waals surface area contributed by atoms with Gasteiger partial charge in [-0.25, -0.2) is 0 Å². The number of ether oxygens (including phenoxy) is 4. The Bertz CT molecular complexity index is 1380. The van der Waals surface area contributed by atoms with Gasteiger partial charge in [-0.3, -0.25) is 14.4 Å². The summed E-state index contributed by atoms with van der Waals surface area (Å²) in [7, 11) is 0. The first-order valence-corrected chi connectivity index (χ1v) is 16.4. The monoisotopic (exact) mass is 608 g/mol. The van der Waals surface area contributed by atoms with Crippen LogP contribution in [0.5, 0.6) is 0 Å². The zero-order valence-electron chi connectivity index (χ0n) is 25.8. The summed E-state index contributed by atoms with van der Waals surface area (Å²) < 4.78 is 23.8. The van der Waals surface area contributed by atoms with Gasteiger partial charge in [0.2, 0.25) is 5.91 Å². The molecule has 4 saturated heterocycles. The number of hydrogen-bond acceptors (Lipinski definition) is 9. The molecule has 3 saturated carbocycles. The molecular weight excluding hydrogens is 564 g/mol. The third kappa shape index (κ3) is 4.36. The lowest BCUT2D eigenvalue weighted by Crippen LogP contribution is -2.69. The number of fused-ring (bicyclic) bond motifs is 6. The number of rotatable bonds is 6. The maximum Gasteiger partial charge on any atom is 0.327 e. The number of nitrogens with zero attached hydrogens (tertiary/aromatic N) is 1. The van der Waals surface area contributed by atoms with Crippen LogP contribution >= 0.6 is 0 Å². The van der Waals surface area contributed by atoms with Crippen molar-refractivity contribution >= 4 is 18.0 Å². The van der Waals surface area contributed by atoms with Crippen molar-refractivity contribution in [1.82, 2.24) is 10.4 Å². The number of benzene rings is 1. The van der Waals surface area contributed by atoms with Gasteiger partial charge in [0.25, 0.3) is 0 Å². The third-order valence-corrected chi connectivity index (χ3v) is 12.0. The normalized spacial score (nSPS) is 44.3. The highest BCUT2D eigenvalue weighted by Gasteiger charge is 2.74. The van der Waals surface area contributed by atoms with Crippen molar-refractivity contribution in [3.8, 4) is 0 Å². The van der Waals surface area contributed by atoms with E-state index in [4.69, 9.17) is 23.8 Å². The van der Waals surface area contributed by atoms with Gasteiger partial charge in [-0.05, 0) is 67.4 Å². The summed E-state index contributed by atoms with van der Waals surface area (Å²) in [6.07, 6.45) is 6.21.